The molecular weight excluding hydrogens is 204 g/mol. The van der Waals surface area contributed by atoms with Crippen molar-refractivity contribution in [2.75, 3.05) is 19.0 Å². The smallest absolute Gasteiger partial charge is 0.168 e. The molecule has 0 amide bonds. The maximum atomic E-state index is 5.19. The molecule has 2 heterocycles. The summed E-state index contributed by atoms with van der Waals surface area (Å²) in [5.41, 5.74) is 1.10. The molecule has 0 fully saturated rings. The van der Waals surface area contributed by atoms with Crippen LogP contribution in [-0.4, -0.2) is 28.6 Å². The highest BCUT2D eigenvalue weighted by Gasteiger charge is 2.01. The lowest BCUT2D eigenvalue weighted by Crippen LogP contribution is -2.07. The zero-order chi connectivity index (χ0) is 11.2. The number of hydrogen-bond donors (Lipinski definition) is 2. The van der Waals surface area contributed by atoms with Gasteiger partial charge in [0.05, 0.1) is 13.4 Å². The standard InChI is InChI=1S/C11H14N4O/c1-16-10-3-2-5-13-11(10)14-6-4-9-7-12-8-15-9/h2-3,5,7-8H,4,6H2,1H3,(H,12,15)(H,13,14). The highest BCUT2D eigenvalue weighted by atomic mass is 16.5. The van der Waals surface area contributed by atoms with Gasteiger partial charge in [0, 0.05) is 31.1 Å². The predicted octanol–water partition coefficient (Wildman–Crippen LogP) is 1.47. The van der Waals surface area contributed by atoms with Crippen LogP contribution in [-0.2, 0) is 6.42 Å². The fourth-order valence-electron chi connectivity index (χ4n) is 1.43. The first-order valence-corrected chi connectivity index (χ1v) is 5.10. The Morgan fingerprint density at radius 1 is 1.50 bits per heavy atom. The summed E-state index contributed by atoms with van der Waals surface area (Å²) in [7, 11) is 1.64. The predicted molar refractivity (Wildman–Crippen MR) is 61.6 cm³/mol. The van der Waals surface area contributed by atoms with Crippen molar-refractivity contribution >= 4 is 5.82 Å². The molecule has 0 atom stereocenters. The van der Waals surface area contributed by atoms with E-state index in [2.05, 4.69) is 20.3 Å². The molecule has 5 heteroatoms. The molecule has 0 bridgehead atoms. The molecular formula is C11H14N4O. The molecule has 5 nitrogen and oxygen atoms in total. The van der Waals surface area contributed by atoms with Gasteiger partial charge in [-0.2, -0.15) is 0 Å². The SMILES string of the molecule is COc1cccnc1NCCc1cnc[nH]1. The lowest BCUT2D eigenvalue weighted by molar-refractivity contribution is 0.415. The van der Waals surface area contributed by atoms with E-state index in [4.69, 9.17) is 4.74 Å². The third kappa shape index (κ3) is 2.50. The zero-order valence-electron chi connectivity index (χ0n) is 9.10. The molecule has 0 saturated heterocycles. The largest absolute Gasteiger partial charge is 0.493 e. The number of H-pyrrole nitrogens is 1. The van der Waals surface area contributed by atoms with Gasteiger partial charge in [0.2, 0.25) is 0 Å². The van der Waals surface area contributed by atoms with Gasteiger partial charge in [-0.15, -0.1) is 0 Å². The Labute approximate surface area is 93.9 Å². The Hall–Kier alpha value is -2.04. The van der Waals surface area contributed by atoms with E-state index in [9.17, 15) is 0 Å². The molecule has 2 rings (SSSR count). The maximum absolute atomic E-state index is 5.19. The minimum Gasteiger partial charge on any atom is -0.493 e. The van der Waals surface area contributed by atoms with Crippen molar-refractivity contribution in [2.24, 2.45) is 0 Å². The number of rotatable bonds is 5. The fraction of sp³-hybridized carbons (Fsp3) is 0.273. The van der Waals surface area contributed by atoms with Crippen molar-refractivity contribution in [1.29, 1.82) is 0 Å². The van der Waals surface area contributed by atoms with Gasteiger partial charge in [-0.05, 0) is 12.1 Å². The molecule has 0 saturated carbocycles. The molecule has 0 aliphatic heterocycles. The summed E-state index contributed by atoms with van der Waals surface area (Å²) in [5.74, 6) is 1.52. The second kappa shape index (κ2) is 5.16. The molecule has 0 aromatic carbocycles. The molecule has 2 N–H and O–H groups in total. The van der Waals surface area contributed by atoms with Gasteiger partial charge in [0.1, 0.15) is 0 Å². The number of methoxy groups -OCH3 is 1. The van der Waals surface area contributed by atoms with Crippen molar-refractivity contribution < 1.29 is 4.74 Å². The van der Waals surface area contributed by atoms with Crippen LogP contribution in [0.3, 0.4) is 0 Å². The summed E-state index contributed by atoms with van der Waals surface area (Å²) < 4.78 is 5.19. The first kappa shape index (κ1) is 10.5. The third-order valence-corrected chi connectivity index (χ3v) is 2.23. The van der Waals surface area contributed by atoms with Crippen LogP contribution < -0.4 is 10.1 Å². The molecule has 0 aliphatic carbocycles. The Kier molecular flexibility index (Phi) is 3.38. The van der Waals surface area contributed by atoms with E-state index in [1.165, 1.54) is 0 Å². The topological polar surface area (TPSA) is 62.8 Å². The lowest BCUT2D eigenvalue weighted by atomic mass is 10.3. The van der Waals surface area contributed by atoms with Crippen molar-refractivity contribution in [2.45, 2.75) is 6.42 Å². The Morgan fingerprint density at radius 2 is 2.44 bits per heavy atom. The number of anilines is 1. The Balaban J connectivity index is 1.89. The van der Waals surface area contributed by atoms with Gasteiger partial charge in [0.25, 0.3) is 0 Å². The Bertz CT molecular complexity index is 427. The summed E-state index contributed by atoms with van der Waals surface area (Å²) >= 11 is 0. The molecule has 16 heavy (non-hydrogen) atoms. The number of aromatic nitrogens is 3. The minimum atomic E-state index is 0.757. The molecule has 2 aromatic rings. The van der Waals surface area contributed by atoms with Crippen LogP contribution in [0.15, 0.2) is 30.9 Å². The van der Waals surface area contributed by atoms with Crippen LogP contribution in [0.4, 0.5) is 5.82 Å². The van der Waals surface area contributed by atoms with Crippen molar-refractivity contribution in [3.63, 3.8) is 0 Å². The Morgan fingerprint density at radius 3 is 3.19 bits per heavy atom. The van der Waals surface area contributed by atoms with Gasteiger partial charge < -0.3 is 15.0 Å². The van der Waals surface area contributed by atoms with Gasteiger partial charge in [-0.1, -0.05) is 0 Å². The number of hydrogen-bond acceptors (Lipinski definition) is 4. The highest BCUT2D eigenvalue weighted by molar-refractivity contribution is 5.49. The number of pyridine rings is 1. The lowest BCUT2D eigenvalue weighted by Gasteiger charge is -2.08. The van der Waals surface area contributed by atoms with Crippen LogP contribution in [0.5, 0.6) is 5.75 Å². The van der Waals surface area contributed by atoms with E-state index in [-0.39, 0.29) is 0 Å². The number of aromatic amines is 1. The van der Waals surface area contributed by atoms with Crippen LogP contribution in [0.25, 0.3) is 0 Å². The summed E-state index contributed by atoms with van der Waals surface area (Å²) in [6, 6.07) is 3.73. The third-order valence-electron chi connectivity index (χ3n) is 2.23. The van der Waals surface area contributed by atoms with Crippen LogP contribution in [0, 0.1) is 0 Å². The maximum Gasteiger partial charge on any atom is 0.168 e. The number of imidazole rings is 1. The first-order chi connectivity index (χ1) is 7.90. The van der Waals surface area contributed by atoms with E-state index < -0.39 is 0 Å². The second-order valence-corrected chi connectivity index (χ2v) is 3.31. The van der Waals surface area contributed by atoms with E-state index in [0.717, 1.165) is 30.2 Å². The van der Waals surface area contributed by atoms with Crippen molar-refractivity contribution in [1.82, 2.24) is 15.0 Å². The van der Waals surface area contributed by atoms with E-state index in [1.54, 1.807) is 19.6 Å². The number of nitrogens with zero attached hydrogens (tertiary/aromatic N) is 2. The normalized spacial score (nSPS) is 10.1. The fourth-order valence-corrected chi connectivity index (χ4v) is 1.43. The summed E-state index contributed by atoms with van der Waals surface area (Å²) in [4.78, 5) is 11.2. The van der Waals surface area contributed by atoms with Gasteiger partial charge in [-0.3, -0.25) is 0 Å². The average molecular weight is 218 g/mol. The van der Waals surface area contributed by atoms with E-state index in [1.807, 2.05) is 18.3 Å². The highest BCUT2D eigenvalue weighted by Crippen LogP contribution is 2.19. The van der Waals surface area contributed by atoms with E-state index >= 15 is 0 Å². The summed E-state index contributed by atoms with van der Waals surface area (Å²) in [5, 5.41) is 3.22. The van der Waals surface area contributed by atoms with E-state index in [0.29, 0.717) is 0 Å². The molecule has 2 aromatic heterocycles. The van der Waals surface area contributed by atoms with Crippen molar-refractivity contribution in [3.05, 3.63) is 36.5 Å². The van der Waals surface area contributed by atoms with Crippen molar-refractivity contribution in [3.8, 4) is 5.75 Å². The number of nitrogens with one attached hydrogen (secondary N) is 2. The molecule has 0 spiro atoms. The molecule has 0 radical (unpaired) electrons. The monoisotopic (exact) mass is 218 g/mol. The molecule has 0 aliphatic rings. The zero-order valence-corrected chi connectivity index (χ0v) is 9.10. The van der Waals surface area contributed by atoms with Crippen LogP contribution in [0.1, 0.15) is 5.69 Å². The van der Waals surface area contributed by atoms with Crippen LogP contribution in [0.2, 0.25) is 0 Å². The summed E-state index contributed by atoms with van der Waals surface area (Å²) in [6.45, 7) is 0.787. The number of ether oxygens (including phenoxy) is 1. The van der Waals surface area contributed by atoms with Crippen LogP contribution >= 0.6 is 0 Å². The second-order valence-electron chi connectivity index (χ2n) is 3.31. The first-order valence-electron chi connectivity index (χ1n) is 5.10. The molecule has 0 unspecified atom stereocenters. The average Bonchev–Trinajstić information content (AvgIpc) is 2.83. The van der Waals surface area contributed by atoms with Gasteiger partial charge >= 0.3 is 0 Å². The minimum absolute atomic E-state index is 0.757. The molecule has 84 valence electrons. The summed E-state index contributed by atoms with van der Waals surface area (Å²) in [6.07, 6.45) is 6.11. The van der Waals surface area contributed by atoms with Gasteiger partial charge in [-0.25, -0.2) is 9.97 Å². The van der Waals surface area contributed by atoms with Gasteiger partial charge in [0.15, 0.2) is 11.6 Å². The quantitative estimate of drug-likeness (QED) is 0.797.